The fourth-order valence-corrected chi connectivity index (χ4v) is 1.90. The van der Waals surface area contributed by atoms with Gasteiger partial charge in [0.05, 0.1) is 12.7 Å². The molecule has 5 heteroatoms. The Labute approximate surface area is 100.0 Å². The molecule has 0 spiro atoms. The zero-order valence-corrected chi connectivity index (χ0v) is 9.77. The van der Waals surface area contributed by atoms with Crippen LogP contribution in [0.3, 0.4) is 0 Å². The van der Waals surface area contributed by atoms with Gasteiger partial charge in [-0.25, -0.2) is 0 Å². The van der Waals surface area contributed by atoms with Crippen LogP contribution < -0.4 is 10.1 Å². The third-order valence-electron chi connectivity index (χ3n) is 2.85. The Morgan fingerprint density at radius 1 is 1.41 bits per heavy atom. The largest absolute Gasteiger partial charge is 0.504 e. The van der Waals surface area contributed by atoms with Crippen molar-refractivity contribution in [3.8, 4) is 11.5 Å². The number of aromatic hydroxyl groups is 1. The lowest BCUT2D eigenvalue weighted by atomic mass is 10.1. The van der Waals surface area contributed by atoms with Gasteiger partial charge >= 0.3 is 0 Å². The van der Waals surface area contributed by atoms with Gasteiger partial charge in [-0.3, -0.25) is 4.79 Å². The maximum atomic E-state index is 12.2. The van der Waals surface area contributed by atoms with Crippen LogP contribution in [-0.4, -0.2) is 49.2 Å². The number of nitrogens with zero attached hydrogens (tertiary/aromatic N) is 1. The average Bonchev–Trinajstić information content (AvgIpc) is 2.39. The van der Waals surface area contributed by atoms with Crippen molar-refractivity contribution in [3.63, 3.8) is 0 Å². The molecule has 1 aliphatic heterocycles. The van der Waals surface area contributed by atoms with E-state index in [1.165, 1.54) is 7.11 Å². The minimum Gasteiger partial charge on any atom is -0.504 e. The maximum Gasteiger partial charge on any atom is 0.257 e. The summed E-state index contributed by atoms with van der Waals surface area (Å²) in [5.74, 6) is 0.0902. The molecular weight excluding hydrogens is 220 g/mol. The Hall–Kier alpha value is -1.75. The Balaban J connectivity index is 2.23. The third-order valence-corrected chi connectivity index (χ3v) is 2.85. The summed E-state index contributed by atoms with van der Waals surface area (Å²) in [6, 6.07) is 4.94. The molecule has 1 fully saturated rings. The SMILES string of the molecule is COc1cccc(C(=O)N2CCNCC2)c1O. The van der Waals surface area contributed by atoms with E-state index in [9.17, 15) is 9.90 Å². The van der Waals surface area contributed by atoms with E-state index < -0.39 is 0 Å². The molecule has 2 N–H and O–H groups in total. The van der Waals surface area contributed by atoms with Crippen LogP contribution in [0, 0.1) is 0 Å². The van der Waals surface area contributed by atoms with E-state index in [1.807, 2.05) is 0 Å². The van der Waals surface area contributed by atoms with Gasteiger partial charge in [0.15, 0.2) is 11.5 Å². The number of hydrogen-bond acceptors (Lipinski definition) is 4. The van der Waals surface area contributed by atoms with E-state index in [4.69, 9.17) is 4.74 Å². The van der Waals surface area contributed by atoms with Crippen LogP contribution in [0.4, 0.5) is 0 Å². The van der Waals surface area contributed by atoms with E-state index in [-0.39, 0.29) is 11.7 Å². The first kappa shape index (κ1) is 11.7. The Morgan fingerprint density at radius 3 is 2.76 bits per heavy atom. The number of nitrogens with one attached hydrogen (secondary N) is 1. The molecule has 1 aliphatic rings. The number of ether oxygens (including phenoxy) is 1. The molecule has 0 unspecified atom stereocenters. The molecule has 1 saturated heterocycles. The summed E-state index contributed by atoms with van der Waals surface area (Å²) in [5, 5.41) is 13.1. The van der Waals surface area contributed by atoms with Crippen LogP contribution in [0.15, 0.2) is 18.2 Å². The summed E-state index contributed by atoms with van der Waals surface area (Å²) in [4.78, 5) is 13.9. The van der Waals surface area contributed by atoms with E-state index in [0.29, 0.717) is 24.4 Å². The number of rotatable bonds is 2. The number of piperazine rings is 1. The number of carbonyl (C=O) groups excluding carboxylic acids is 1. The molecule has 0 radical (unpaired) electrons. The maximum absolute atomic E-state index is 12.2. The zero-order chi connectivity index (χ0) is 12.3. The number of hydrogen-bond donors (Lipinski definition) is 2. The molecule has 0 aliphatic carbocycles. The quantitative estimate of drug-likeness (QED) is 0.782. The average molecular weight is 236 g/mol. The molecule has 92 valence electrons. The second-order valence-electron chi connectivity index (χ2n) is 3.90. The van der Waals surface area contributed by atoms with Crippen molar-refractivity contribution in [3.05, 3.63) is 23.8 Å². The first-order valence-corrected chi connectivity index (χ1v) is 5.60. The van der Waals surface area contributed by atoms with Crippen LogP contribution in [-0.2, 0) is 0 Å². The number of para-hydroxylation sites is 1. The first-order chi connectivity index (χ1) is 8.24. The second-order valence-corrected chi connectivity index (χ2v) is 3.90. The lowest BCUT2D eigenvalue weighted by Crippen LogP contribution is -2.46. The van der Waals surface area contributed by atoms with E-state index >= 15 is 0 Å². The van der Waals surface area contributed by atoms with Crippen LogP contribution in [0.1, 0.15) is 10.4 Å². The van der Waals surface area contributed by atoms with Gasteiger partial charge < -0.3 is 20.1 Å². The normalized spacial score (nSPS) is 15.7. The molecular formula is C12H16N2O3. The highest BCUT2D eigenvalue weighted by Crippen LogP contribution is 2.30. The highest BCUT2D eigenvalue weighted by atomic mass is 16.5. The minimum absolute atomic E-state index is 0.0847. The predicted molar refractivity (Wildman–Crippen MR) is 63.4 cm³/mol. The summed E-state index contributed by atoms with van der Waals surface area (Å²) < 4.78 is 4.99. The Morgan fingerprint density at radius 2 is 2.12 bits per heavy atom. The number of phenolic OH excluding ortho intramolecular Hbond substituents is 1. The molecule has 17 heavy (non-hydrogen) atoms. The Kier molecular flexibility index (Phi) is 3.49. The summed E-state index contributed by atoms with van der Waals surface area (Å²) in [6.07, 6.45) is 0. The van der Waals surface area contributed by atoms with Crippen LogP contribution in [0.2, 0.25) is 0 Å². The minimum atomic E-state index is -0.150. The first-order valence-electron chi connectivity index (χ1n) is 5.60. The molecule has 1 aromatic carbocycles. The van der Waals surface area contributed by atoms with E-state index in [1.54, 1.807) is 23.1 Å². The van der Waals surface area contributed by atoms with E-state index in [0.717, 1.165) is 13.1 Å². The number of amides is 1. The summed E-state index contributed by atoms with van der Waals surface area (Å²) >= 11 is 0. The van der Waals surface area contributed by atoms with Crippen LogP contribution in [0.25, 0.3) is 0 Å². The standard InChI is InChI=1S/C12H16N2O3/c1-17-10-4-2-3-9(11(10)15)12(16)14-7-5-13-6-8-14/h2-4,13,15H,5-8H2,1H3. The smallest absolute Gasteiger partial charge is 0.257 e. The van der Waals surface area contributed by atoms with Crippen molar-refractivity contribution in [2.45, 2.75) is 0 Å². The number of benzene rings is 1. The summed E-state index contributed by atoms with van der Waals surface area (Å²) in [7, 11) is 1.47. The molecule has 0 aromatic heterocycles. The van der Waals surface area contributed by atoms with Gasteiger partial charge in [0.2, 0.25) is 0 Å². The van der Waals surface area contributed by atoms with Crippen molar-refractivity contribution < 1.29 is 14.6 Å². The Bertz CT molecular complexity index is 414. The molecule has 0 atom stereocenters. The second kappa shape index (κ2) is 5.05. The van der Waals surface area contributed by atoms with Crippen molar-refractivity contribution in [2.75, 3.05) is 33.3 Å². The topological polar surface area (TPSA) is 61.8 Å². The summed E-state index contributed by atoms with van der Waals surface area (Å²) in [6.45, 7) is 2.90. The molecule has 5 nitrogen and oxygen atoms in total. The lowest BCUT2D eigenvalue weighted by molar-refractivity contribution is 0.0732. The summed E-state index contributed by atoms with van der Waals surface area (Å²) in [5.41, 5.74) is 0.297. The fraction of sp³-hybridized carbons (Fsp3) is 0.417. The predicted octanol–water partition coefficient (Wildman–Crippen LogP) is 0.446. The van der Waals surface area contributed by atoms with Gasteiger partial charge in [0.25, 0.3) is 5.91 Å². The van der Waals surface area contributed by atoms with Gasteiger partial charge in [-0.05, 0) is 12.1 Å². The van der Waals surface area contributed by atoms with Gasteiger partial charge in [0, 0.05) is 26.2 Å². The van der Waals surface area contributed by atoms with Crippen molar-refractivity contribution in [2.24, 2.45) is 0 Å². The van der Waals surface area contributed by atoms with E-state index in [2.05, 4.69) is 5.32 Å². The third kappa shape index (κ3) is 2.34. The van der Waals surface area contributed by atoms with Crippen molar-refractivity contribution in [1.29, 1.82) is 0 Å². The molecule has 0 saturated carbocycles. The molecule has 1 heterocycles. The van der Waals surface area contributed by atoms with Crippen LogP contribution in [0.5, 0.6) is 11.5 Å². The molecule has 1 aromatic rings. The van der Waals surface area contributed by atoms with Gasteiger partial charge in [-0.15, -0.1) is 0 Å². The molecule has 0 bridgehead atoms. The highest BCUT2D eigenvalue weighted by Gasteiger charge is 2.21. The monoisotopic (exact) mass is 236 g/mol. The number of methoxy groups -OCH3 is 1. The van der Waals surface area contributed by atoms with Crippen molar-refractivity contribution >= 4 is 5.91 Å². The highest BCUT2D eigenvalue weighted by molar-refractivity contribution is 5.97. The number of carbonyl (C=O) groups is 1. The van der Waals surface area contributed by atoms with Gasteiger partial charge in [-0.2, -0.15) is 0 Å². The molecule has 1 amide bonds. The number of phenols is 1. The van der Waals surface area contributed by atoms with Crippen molar-refractivity contribution in [1.82, 2.24) is 10.2 Å². The van der Waals surface area contributed by atoms with Gasteiger partial charge in [0.1, 0.15) is 0 Å². The lowest BCUT2D eigenvalue weighted by Gasteiger charge is -2.27. The zero-order valence-electron chi connectivity index (χ0n) is 9.77. The van der Waals surface area contributed by atoms with Gasteiger partial charge in [-0.1, -0.05) is 6.07 Å². The molecule has 2 rings (SSSR count). The van der Waals surface area contributed by atoms with Crippen LogP contribution >= 0.6 is 0 Å². The fourth-order valence-electron chi connectivity index (χ4n) is 1.90.